The van der Waals surface area contributed by atoms with Crippen LogP contribution in [0.15, 0.2) is 36.9 Å². The molecule has 0 amide bonds. The second kappa shape index (κ2) is 8.67. The van der Waals surface area contributed by atoms with Crippen molar-refractivity contribution < 1.29 is 5.11 Å². The predicted octanol–water partition coefficient (Wildman–Crippen LogP) is 2.33. The Labute approximate surface area is 168 Å². The zero-order valence-corrected chi connectivity index (χ0v) is 16.0. The Morgan fingerprint density at radius 2 is 2.07 bits per heavy atom. The molecule has 4 heterocycles. The first-order valence-corrected chi connectivity index (χ1v) is 9.65. The van der Waals surface area contributed by atoms with Crippen molar-refractivity contribution in [1.82, 2.24) is 24.7 Å². The van der Waals surface area contributed by atoms with Crippen LogP contribution >= 0.6 is 0 Å². The van der Waals surface area contributed by atoms with Crippen LogP contribution in [0.25, 0.3) is 11.3 Å². The minimum Gasteiger partial charge on any atom is -0.396 e. The van der Waals surface area contributed by atoms with Crippen molar-refractivity contribution in [3.8, 4) is 17.3 Å². The van der Waals surface area contributed by atoms with Gasteiger partial charge in [-0.05, 0) is 31.4 Å². The lowest BCUT2D eigenvalue weighted by atomic mass is 10.1. The van der Waals surface area contributed by atoms with Crippen LogP contribution in [-0.4, -0.2) is 49.5 Å². The second-order valence-electron chi connectivity index (χ2n) is 6.86. The van der Waals surface area contributed by atoms with E-state index in [-0.39, 0.29) is 6.61 Å². The average molecular weight is 390 g/mol. The number of anilines is 3. The van der Waals surface area contributed by atoms with Crippen LogP contribution in [0.3, 0.4) is 0 Å². The number of rotatable bonds is 7. The topological polar surface area (TPSA) is 116 Å². The average Bonchev–Trinajstić information content (AvgIpc) is 3.44. The van der Waals surface area contributed by atoms with Gasteiger partial charge in [-0.1, -0.05) is 0 Å². The summed E-state index contributed by atoms with van der Waals surface area (Å²) in [4.78, 5) is 15.5. The highest BCUT2D eigenvalue weighted by atomic mass is 16.3. The Kier molecular flexibility index (Phi) is 5.63. The number of pyridine rings is 1. The molecule has 0 spiro atoms. The van der Waals surface area contributed by atoms with Crippen molar-refractivity contribution in [3.05, 3.63) is 42.5 Å². The summed E-state index contributed by atoms with van der Waals surface area (Å²) in [5.74, 6) is 1.18. The number of aliphatic hydroxyl groups excluding tert-OH is 1. The fourth-order valence-electron chi connectivity index (χ4n) is 3.35. The molecule has 3 aromatic heterocycles. The van der Waals surface area contributed by atoms with Gasteiger partial charge in [-0.15, -0.1) is 0 Å². The molecule has 0 saturated carbocycles. The molecule has 29 heavy (non-hydrogen) atoms. The maximum Gasteiger partial charge on any atom is 0.227 e. The summed E-state index contributed by atoms with van der Waals surface area (Å²) in [7, 11) is 0. The number of aryl methyl sites for hydroxylation is 1. The summed E-state index contributed by atoms with van der Waals surface area (Å²) < 4.78 is 1.75. The standard InChI is InChI=1S/C20H22N8O/c21-11-15-10-16(12-23-19(15)27-6-1-2-7-27)18-4-5-22-20(26-18)25-17-13-24-28(14-17)8-3-9-29/h4-5,10,12-14,29H,1-3,6-9H2,(H,22,25,26). The predicted molar refractivity (Wildman–Crippen MR) is 109 cm³/mol. The molecule has 1 aliphatic heterocycles. The molecule has 1 aliphatic rings. The van der Waals surface area contributed by atoms with Gasteiger partial charge in [0.15, 0.2) is 0 Å². The smallest absolute Gasteiger partial charge is 0.227 e. The van der Waals surface area contributed by atoms with E-state index in [1.165, 1.54) is 0 Å². The highest BCUT2D eigenvalue weighted by molar-refractivity contribution is 5.67. The molecular weight excluding hydrogens is 368 g/mol. The largest absolute Gasteiger partial charge is 0.396 e. The molecule has 0 radical (unpaired) electrons. The Hall–Kier alpha value is -3.51. The van der Waals surface area contributed by atoms with E-state index in [1.54, 1.807) is 29.3 Å². The van der Waals surface area contributed by atoms with Crippen LogP contribution in [0.1, 0.15) is 24.8 Å². The van der Waals surface area contributed by atoms with E-state index in [4.69, 9.17) is 5.11 Å². The third-order valence-corrected chi connectivity index (χ3v) is 4.78. The summed E-state index contributed by atoms with van der Waals surface area (Å²) >= 11 is 0. The molecule has 3 aromatic rings. The van der Waals surface area contributed by atoms with Crippen molar-refractivity contribution in [3.63, 3.8) is 0 Å². The van der Waals surface area contributed by atoms with Crippen molar-refractivity contribution in [2.24, 2.45) is 0 Å². The fraction of sp³-hybridized carbons (Fsp3) is 0.350. The molecule has 1 saturated heterocycles. The van der Waals surface area contributed by atoms with Gasteiger partial charge in [-0.3, -0.25) is 4.68 Å². The molecule has 0 unspecified atom stereocenters. The van der Waals surface area contributed by atoms with E-state index in [0.29, 0.717) is 30.2 Å². The van der Waals surface area contributed by atoms with Gasteiger partial charge < -0.3 is 15.3 Å². The minimum atomic E-state index is 0.128. The number of nitrogens with one attached hydrogen (secondary N) is 1. The van der Waals surface area contributed by atoms with Crippen LogP contribution in [0.5, 0.6) is 0 Å². The van der Waals surface area contributed by atoms with Crippen LogP contribution in [-0.2, 0) is 6.54 Å². The van der Waals surface area contributed by atoms with Crippen LogP contribution < -0.4 is 10.2 Å². The lowest BCUT2D eigenvalue weighted by molar-refractivity contribution is 0.277. The number of nitrogens with zero attached hydrogens (tertiary/aromatic N) is 7. The first-order chi connectivity index (χ1) is 14.3. The molecule has 9 nitrogen and oxygen atoms in total. The number of nitriles is 1. The van der Waals surface area contributed by atoms with Crippen molar-refractivity contribution in [2.45, 2.75) is 25.8 Å². The Morgan fingerprint density at radius 3 is 2.86 bits per heavy atom. The van der Waals surface area contributed by atoms with Gasteiger partial charge in [-0.2, -0.15) is 10.4 Å². The molecular formula is C20H22N8O. The van der Waals surface area contributed by atoms with Crippen molar-refractivity contribution >= 4 is 17.5 Å². The monoisotopic (exact) mass is 390 g/mol. The number of hydrogen-bond acceptors (Lipinski definition) is 8. The first-order valence-electron chi connectivity index (χ1n) is 9.65. The molecule has 0 aliphatic carbocycles. The zero-order valence-electron chi connectivity index (χ0n) is 16.0. The molecule has 0 bridgehead atoms. The maximum absolute atomic E-state index is 9.58. The summed E-state index contributed by atoms with van der Waals surface area (Å²) in [6.45, 7) is 2.65. The summed E-state index contributed by atoms with van der Waals surface area (Å²) in [6.07, 6.45) is 9.86. The second-order valence-corrected chi connectivity index (χ2v) is 6.86. The van der Waals surface area contributed by atoms with Gasteiger partial charge in [0.05, 0.1) is 23.1 Å². The van der Waals surface area contributed by atoms with Gasteiger partial charge in [0.25, 0.3) is 0 Å². The molecule has 0 aromatic carbocycles. The number of aromatic nitrogens is 5. The quantitative estimate of drug-likeness (QED) is 0.631. The highest BCUT2D eigenvalue weighted by Crippen LogP contribution is 2.26. The lowest BCUT2D eigenvalue weighted by Gasteiger charge is -2.17. The van der Waals surface area contributed by atoms with Gasteiger partial charge in [-0.25, -0.2) is 15.0 Å². The summed E-state index contributed by atoms with van der Waals surface area (Å²) in [5.41, 5.74) is 2.78. The SMILES string of the molecule is N#Cc1cc(-c2ccnc(Nc3cnn(CCCO)c3)n2)cnc1N1CCCC1. The van der Waals surface area contributed by atoms with E-state index in [1.807, 2.05) is 12.3 Å². The van der Waals surface area contributed by atoms with E-state index in [0.717, 1.165) is 43.0 Å². The molecule has 0 atom stereocenters. The normalized spacial score (nSPS) is 13.4. The van der Waals surface area contributed by atoms with E-state index in [9.17, 15) is 5.26 Å². The van der Waals surface area contributed by atoms with Gasteiger partial charge in [0.1, 0.15) is 11.9 Å². The van der Waals surface area contributed by atoms with E-state index < -0.39 is 0 Å². The first kappa shape index (κ1) is 18.8. The number of aliphatic hydroxyl groups is 1. The zero-order chi connectivity index (χ0) is 20.1. The van der Waals surface area contributed by atoms with Crippen molar-refractivity contribution in [2.75, 3.05) is 29.9 Å². The summed E-state index contributed by atoms with van der Waals surface area (Å²) in [6, 6.07) is 5.89. The molecule has 1 fully saturated rings. The molecule has 4 rings (SSSR count). The van der Waals surface area contributed by atoms with Crippen molar-refractivity contribution in [1.29, 1.82) is 5.26 Å². The third-order valence-electron chi connectivity index (χ3n) is 4.78. The Morgan fingerprint density at radius 1 is 1.21 bits per heavy atom. The summed E-state index contributed by atoms with van der Waals surface area (Å²) in [5, 5.41) is 25.9. The van der Waals surface area contributed by atoms with Crippen LogP contribution in [0.4, 0.5) is 17.5 Å². The Balaban J connectivity index is 1.54. The Bertz CT molecular complexity index is 1020. The minimum absolute atomic E-state index is 0.128. The van der Waals surface area contributed by atoms with E-state index in [2.05, 4.69) is 36.3 Å². The number of hydrogen-bond donors (Lipinski definition) is 2. The third kappa shape index (κ3) is 4.33. The molecule has 148 valence electrons. The fourth-order valence-corrected chi connectivity index (χ4v) is 3.35. The lowest BCUT2D eigenvalue weighted by Crippen LogP contribution is -2.20. The van der Waals surface area contributed by atoms with Crippen LogP contribution in [0.2, 0.25) is 0 Å². The van der Waals surface area contributed by atoms with Gasteiger partial charge in [0.2, 0.25) is 5.95 Å². The van der Waals surface area contributed by atoms with E-state index >= 15 is 0 Å². The van der Waals surface area contributed by atoms with Crippen LogP contribution in [0, 0.1) is 11.3 Å². The van der Waals surface area contributed by atoms with Gasteiger partial charge >= 0.3 is 0 Å². The molecule has 2 N–H and O–H groups in total. The molecule has 9 heteroatoms. The van der Waals surface area contributed by atoms with Gasteiger partial charge in [0, 0.05) is 50.4 Å². The highest BCUT2D eigenvalue weighted by Gasteiger charge is 2.18. The maximum atomic E-state index is 9.58.